The van der Waals surface area contributed by atoms with E-state index in [0.717, 1.165) is 22.4 Å². The molecule has 0 radical (unpaired) electrons. The van der Waals surface area contributed by atoms with Crippen LogP contribution in [-0.4, -0.2) is 14.8 Å². The van der Waals surface area contributed by atoms with Crippen LogP contribution in [0.2, 0.25) is 0 Å². The Balaban J connectivity index is 2.25. The van der Waals surface area contributed by atoms with Gasteiger partial charge < -0.3 is 5.73 Å². The first-order chi connectivity index (χ1) is 9.66. The van der Waals surface area contributed by atoms with Crippen molar-refractivity contribution in [2.75, 3.05) is 5.73 Å². The van der Waals surface area contributed by atoms with Crippen molar-refractivity contribution in [3.8, 4) is 22.4 Å². The summed E-state index contributed by atoms with van der Waals surface area (Å²) >= 11 is 0. The molecule has 4 heteroatoms. The minimum atomic E-state index is 0.660. The van der Waals surface area contributed by atoms with Gasteiger partial charge >= 0.3 is 0 Å². The molecule has 100 valence electrons. The number of nitrogens with two attached hydrogens (primary N) is 1. The highest BCUT2D eigenvalue weighted by Crippen LogP contribution is 2.35. The number of pyridine rings is 1. The number of anilines is 1. The van der Waals surface area contributed by atoms with Crippen LogP contribution in [0.5, 0.6) is 0 Å². The smallest absolute Gasteiger partial charge is 0.129 e. The molecule has 0 aliphatic heterocycles. The largest absolute Gasteiger partial charge is 0.383 e. The third kappa shape index (κ3) is 2.05. The second kappa shape index (κ2) is 4.81. The Labute approximate surface area is 117 Å². The van der Waals surface area contributed by atoms with E-state index in [1.165, 1.54) is 5.56 Å². The normalized spacial score (nSPS) is 10.7. The summed E-state index contributed by atoms with van der Waals surface area (Å²) in [7, 11) is 1.86. The topological polar surface area (TPSA) is 56.7 Å². The van der Waals surface area contributed by atoms with Gasteiger partial charge in [0.1, 0.15) is 11.5 Å². The fourth-order valence-electron chi connectivity index (χ4n) is 2.33. The fraction of sp³-hybridized carbons (Fsp3) is 0.125. The second-order valence-corrected chi connectivity index (χ2v) is 4.84. The third-order valence-corrected chi connectivity index (χ3v) is 3.35. The van der Waals surface area contributed by atoms with Crippen molar-refractivity contribution < 1.29 is 0 Å². The first kappa shape index (κ1) is 12.4. The van der Waals surface area contributed by atoms with Gasteiger partial charge in [0.05, 0.1) is 5.56 Å². The molecule has 0 unspecified atom stereocenters. The maximum atomic E-state index is 6.19. The third-order valence-electron chi connectivity index (χ3n) is 3.35. The highest BCUT2D eigenvalue weighted by molar-refractivity contribution is 5.88. The molecule has 3 aromatic rings. The first-order valence-corrected chi connectivity index (χ1v) is 6.46. The van der Waals surface area contributed by atoms with E-state index in [0.29, 0.717) is 5.82 Å². The highest BCUT2D eigenvalue weighted by atomic mass is 15.3. The van der Waals surface area contributed by atoms with E-state index in [1.807, 2.05) is 25.2 Å². The van der Waals surface area contributed by atoms with Gasteiger partial charge in [0.15, 0.2) is 0 Å². The van der Waals surface area contributed by atoms with E-state index < -0.39 is 0 Å². The van der Waals surface area contributed by atoms with Gasteiger partial charge in [0.25, 0.3) is 0 Å². The molecule has 0 saturated carbocycles. The van der Waals surface area contributed by atoms with Gasteiger partial charge in [-0.3, -0.25) is 9.67 Å². The van der Waals surface area contributed by atoms with Crippen LogP contribution in [0.4, 0.5) is 5.82 Å². The second-order valence-electron chi connectivity index (χ2n) is 4.84. The van der Waals surface area contributed by atoms with Crippen LogP contribution in [0, 0.1) is 6.92 Å². The van der Waals surface area contributed by atoms with Crippen LogP contribution >= 0.6 is 0 Å². The van der Waals surface area contributed by atoms with E-state index in [-0.39, 0.29) is 0 Å². The van der Waals surface area contributed by atoms with E-state index in [4.69, 9.17) is 5.73 Å². The standard InChI is InChI=1S/C16H16N4/c1-11-4-3-5-13(10-11)15-14(16(17)20(2)19-15)12-6-8-18-9-7-12/h3-10H,17H2,1-2H3. The summed E-state index contributed by atoms with van der Waals surface area (Å²) in [5.41, 5.74) is 11.4. The lowest BCUT2D eigenvalue weighted by atomic mass is 10.0. The summed E-state index contributed by atoms with van der Waals surface area (Å²) in [6.45, 7) is 2.07. The lowest BCUT2D eigenvalue weighted by Crippen LogP contribution is -1.97. The van der Waals surface area contributed by atoms with Crippen molar-refractivity contribution in [2.24, 2.45) is 7.05 Å². The molecule has 2 N–H and O–H groups in total. The van der Waals surface area contributed by atoms with Gasteiger partial charge in [-0.15, -0.1) is 0 Å². The maximum Gasteiger partial charge on any atom is 0.129 e. The molecule has 1 aromatic carbocycles. The van der Waals surface area contributed by atoms with Crippen LogP contribution in [0.3, 0.4) is 0 Å². The number of rotatable bonds is 2. The quantitative estimate of drug-likeness (QED) is 0.774. The zero-order valence-corrected chi connectivity index (χ0v) is 11.5. The molecule has 20 heavy (non-hydrogen) atoms. The van der Waals surface area contributed by atoms with Crippen LogP contribution in [0.15, 0.2) is 48.8 Å². The molecule has 0 spiro atoms. The Bertz CT molecular complexity index is 744. The van der Waals surface area contributed by atoms with Gasteiger partial charge in [0.2, 0.25) is 0 Å². The fourth-order valence-corrected chi connectivity index (χ4v) is 2.33. The molecule has 0 atom stereocenters. The molecular weight excluding hydrogens is 248 g/mol. The molecular formula is C16H16N4. The first-order valence-electron chi connectivity index (χ1n) is 6.46. The van der Waals surface area contributed by atoms with Crippen molar-refractivity contribution in [3.63, 3.8) is 0 Å². The van der Waals surface area contributed by atoms with Crippen molar-refractivity contribution >= 4 is 5.82 Å². The zero-order valence-electron chi connectivity index (χ0n) is 11.5. The van der Waals surface area contributed by atoms with Crippen molar-refractivity contribution in [3.05, 3.63) is 54.4 Å². The van der Waals surface area contributed by atoms with Crippen molar-refractivity contribution in [2.45, 2.75) is 6.92 Å². The summed E-state index contributed by atoms with van der Waals surface area (Å²) in [6.07, 6.45) is 3.53. The minimum absolute atomic E-state index is 0.660. The molecule has 0 saturated heterocycles. The summed E-state index contributed by atoms with van der Waals surface area (Å²) in [6, 6.07) is 12.2. The van der Waals surface area contributed by atoms with Gasteiger partial charge in [-0.1, -0.05) is 23.8 Å². The molecule has 0 aliphatic rings. The van der Waals surface area contributed by atoms with Crippen molar-refractivity contribution in [1.29, 1.82) is 0 Å². The predicted octanol–water partition coefficient (Wildman–Crippen LogP) is 3.04. The lowest BCUT2D eigenvalue weighted by molar-refractivity contribution is 0.782. The molecule has 4 nitrogen and oxygen atoms in total. The predicted molar refractivity (Wildman–Crippen MR) is 81.0 cm³/mol. The zero-order chi connectivity index (χ0) is 14.1. The maximum absolute atomic E-state index is 6.19. The molecule has 0 aliphatic carbocycles. The Morgan fingerprint density at radius 3 is 2.50 bits per heavy atom. The number of hydrogen-bond acceptors (Lipinski definition) is 3. The Hall–Kier alpha value is -2.62. The number of benzene rings is 1. The Kier molecular flexibility index (Phi) is 2.99. The van der Waals surface area contributed by atoms with E-state index >= 15 is 0 Å². The minimum Gasteiger partial charge on any atom is -0.383 e. The highest BCUT2D eigenvalue weighted by Gasteiger charge is 2.17. The number of aromatic nitrogens is 3. The van der Waals surface area contributed by atoms with Gasteiger partial charge in [-0.25, -0.2) is 0 Å². The summed E-state index contributed by atoms with van der Waals surface area (Å²) in [5.74, 6) is 0.660. The van der Waals surface area contributed by atoms with Gasteiger partial charge in [-0.05, 0) is 30.7 Å². The average molecular weight is 264 g/mol. The number of hydrogen-bond donors (Lipinski definition) is 1. The molecule has 0 amide bonds. The number of nitrogen functional groups attached to an aromatic ring is 1. The molecule has 2 aromatic heterocycles. The van der Waals surface area contributed by atoms with Crippen LogP contribution in [0.1, 0.15) is 5.56 Å². The monoisotopic (exact) mass is 264 g/mol. The Morgan fingerprint density at radius 2 is 1.80 bits per heavy atom. The SMILES string of the molecule is Cc1cccc(-c2nn(C)c(N)c2-c2ccncc2)c1. The van der Waals surface area contributed by atoms with Crippen molar-refractivity contribution in [1.82, 2.24) is 14.8 Å². The van der Waals surface area contributed by atoms with E-state index in [9.17, 15) is 0 Å². The van der Waals surface area contributed by atoms with Gasteiger partial charge in [0, 0.05) is 25.0 Å². The molecule has 2 heterocycles. The molecule has 0 bridgehead atoms. The van der Waals surface area contributed by atoms with Crippen LogP contribution in [-0.2, 0) is 7.05 Å². The lowest BCUT2D eigenvalue weighted by Gasteiger charge is -2.04. The Morgan fingerprint density at radius 1 is 1.05 bits per heavy atom. The molecule has 0 fully saturated rings. The van der Waals surface area contributed by atoms with Crippen LogP contribution in [0.25, 0.3) is 22.4 Å². The van der Waals surface area contributed by atoms with Crippen LogP contribution < -0.4 is 5.73 Å². The average Bonchev–Trinajstić information content (AvgIpc) is 2.76. The van der Waals surface area contributed by atoms with E-state index in [1.54, 1.807) is 17.1 Å². The number of nitrogens with zero attached hydrogens (tertiary/aromatic N) is 3. The summed E-state index contributed by atoms with van der Waals surface area (Å²) < 4.78 is 1.72. The summed E-state index contributed by atoms with van der Waals surface area (Å²) in [4.78, 5) is 4.06. The molecule has 3 rings (SSSR count). The van der Waals surface area contributed by atoms with Gasteiger partial charge in [-0.2, -0.15) is 5.10 Å². The summed E-state index contributed by atoms with van der Waals surface area (Å²) in [5, 5.41) is 4.57. The van der Waals surface area contributed by atoms with E-state index in [2.05, 4.69) is 35.2 Å². The number of aryl methyl sites for hydroxylation is 2.